The summed E-state index contributed by atoms with van der Waals surface area (Å²) in [5.74, 6) is 0. The predicted octanol–water partition coefficient (Wildman–Crippen LogP) is 1.60. The number of aryl methyl sites for hydroxylation is 1. The van der Waals surface area contributed by atoms with Crippen LogP contribution in [0.4, 0.5) is 0 Å². The highest BCUT2D eigenvalue weighted by atomic mass is 14.4. The van der Waals surface area contributed by atoms with Gasteiger partial charge in [0.05, 0.1) is 5.71 Å². The van der Waals surface area contributed by atoms with E-state index < -0.39 is 0 Å². The third kappa shape index (κ3) is 1.44. The van der Waals surface area contributed by atoms with Crippen molar-refractivity contribution in [1.82, 2.24) is 5.41 Å². The lowest BCUT2D eigenvalue weighted by Gasteiger charge is -1.95. The largest absolute Gasteiger partial charge is 0.155 e. The normalized spacial score (nSPS) is 9.40. The molecule has 1 heteroatoms. The van der Waals surface area contributed by atoms with Crippen LogP contribution >= 0.6 is 0 Å². The van der Waals surface area contributed by atoms with Crippen molar-refractivity contribution >= 4 is 5.71 Å². The Balaban J connectivity index is 3.00. The standard InChI is InChI=1S/C9H10N/c1-7-3-5-9(6-4-7)8(2)10/h3-6H,1-2H3. The van der Waals surface area contributed by atoms with Crippen LogP contribution < -0.4 is 5.41 Å². The Hall–Kier alpha value is -1.11. The number of benzene rings is 1. The van der Waals surface area contributed by atoms with Crippen LogP contribution in [0.1, 0.15) is 18.1 Å². The molecule has 0 amide bonds. The summed E-state index contributed by atoms with van der Waals surface area (Å²) in [7, 11) is 0. The third-order valence-corrected chi connectivity index (χ3v) is 1.47. The zero-order chi connectivity index (χ0) is 7.56. The number of nitrogens with zero attached hydrogens (tertiary/aromatic N) is 1. The third-order valence-electron chi connectivity index (χ3n) is 1.47. The number of hydrogen-bond donors (Lipinski definition) is 0. The fraction of sp³-hybridized carbons (Fsp3) is 0.222. The summed E-state index contributed by atoms with van der Waals surface area (Å²) in [6.07, 6.45) is 0. The van der Waals surface area contributed by atoms with E-state index >= 15 is 0 Å². The van der Waals surface area contributed by atoms with E-state index in [2.05, 4.69) is 0 Å². The summed E-state index contributed by atoms with van der Waals surface area (Å²) in [6, 6.07) is 7.78. The molecule has 0 aromatic heterocycles. The zero-order valence-corrected chi connectivity index (χ0v) is 6.26. The van der Waals surface area contributed by atoms with Gasteiger partial charge in [-0.1, -0.05) is 29.8 Å². The molecule has 0 unspecified atom stereocenters. The second-order valence-electron chi connectivity index (χ2n) is 2.45. The van der Waals surface area contributed by atoms with Gasteiger partial charge in [0, 0.05) is 0 Å². The van der Waals surface area contributed by atoms with Gasteiger partial charge in [-0.25, -0.2) is 0 Å². The van der Waals surface area contributed by atoms with Gasteiger partial charge in [0.2, 0.25) is 0 Å². The minimum Gasteiger partial charge on any atom is -0.155 e. The van der Waals surface area contributed by atoms with E-state index in [4.69, 9.17) is 5.41 Å². The molecule has 0 saturated carbocycles. The molecule has 0 fully saturated rings. The Morgan fingerprint density at radius 1 is 1.20 bits per heavy atom. The highest BCUT2D eigenvalue weighted by Crippen LogP contribution is 2.02. The topological polar surface area (TPSA) is 22.3 Å². The second kappa shape index (κ2) is 2.65. The Kier molecular flexibility index (Phi) is 1.86. The molecule has 1 aromatic rings. The lowest BCUT2D eigenvalue weighted by Crippen LogP contribution is -1.93. The van der Waals surface area contributed by atoms with E-state index in [0.717, 1.165) is 5.56 Å². The van der Waals surface area contributed by atoms with Crippen LogP contribution in [0.25, 0.3) is 0 Å². The smallest absolute Gasteiger partial charge is 0.0671 e. The SMILES string of the molecule is CC(=[N])c1ccc(C)cc1. The van der Waals surface area contributed by atoms with Crippen LogP contribution in [0.15, 0.2) is 24.3 Å². The second-order valence-corrected chi connectivity index (χ2v) is 2.45. The molecule has 0 atom stereocenters. The molecule has 10 heavy (non-hydrogen) atoms. The summed E-state index contributed by atoms with van der Waals surface area (Å²) in [4.78, 5) is 0. The van der Waals surface area contributed by atoms with Gasteiger partial charge < -0.3 is 0 Å². The lowest BCUT2D eigenvalue weighted by atomic mass is 10.1. The summed E-state index contributed by atoms with van der Waals surface area (Å²) >= 11 is 0. The van der Waals surface area contributed by atoms with Crippen molar-refractivity contribution in [3.05, 3.63) is 35.4 Å². The van der Waals surface area contributed by atoms with Gasteiger partial charge in [0.15, 0.2) is 0 Å². The minimum atomic E-state index is 0.375. The summed E-state index contributed by atoms with van der Waals surface area (Å²) < 4.78 is 0. The van der Waals surface area contributed by atoms with E-state index in [0.29, 0.717) is 5.71 Å². The predicted molar refractivity (Wildman–Crippen MR) is 43.1 cm³/mol. The first-order valence-corrected chi connectivity index (χ1v) is 3.29. The fourth-order valence-electron chi connectivity index (χ4n) is 0.795. The van der Waals surface area contributed by atoms with Crippen molar-refractivity contribution in [1.29, 1.82) is 0 Å². The van der Waals surface area contributed by atoms with Gasteiger partial charge in [0.1, 0.15) is 0 Å². The molecule has 0 aliphatic carbocycles. The van der Waals surface area contributed by atoms with Crippen molar-refractivity contribution in [2.45, 2.75) is 13.8 Å². The molecule has 0 bridgehead atoms. The van der Waals surface area contributed by atoms with E-state index in [-0.39, 0.29) is 0 Å². The summed E-state index contributed by atoms with van der Waals surface area (Å²) in [6.45, 7) is 3.71. The molecule has 1 aromatic carbocycles. The van der Waals surface area contributed by atoms with Crippen LogP contribution in [0, 0.1) is 6.92 Å². The molecule has 0 aliphatic rings. The van der Waals surface area contributed by atoms with Crippen molar-refractivity contribution in [2.24, 2.45) is 0 Å². The first kappa shape index (κ1) is 7.00. The van der Waals surface area contributed by atoms with Crippen LogP contribution in [0.3, 0.4) is 0 Å². The molecule has 0 aliphatic heterocycles. The molecule has 1 rings (SSSR count). The quantitative estimate of drug-likeness (QED) is 0.518. The summed E-state index contributed by atoms with van der Waals surface area (Å²) in [5, 5.41) is 9.03. The first-order chi connectivity index (χ1) is 4.70. The molecule has 0 spiro atoms. The molecular weight excluding hydrogens is 122 g/mol. The van der Waals surface area contributed by atoms with E-state index in [9.17, 15) is 0 Å². The van der Waals surface area contributed by atoms with E-state index in [1.54, 1.807) is 6.92 Å². The molecule has 0 heterocycles. The molecule has 1 nitrogen and oxygen atoms in total. The molecule has 0 saturated heterocycles. The molecular formula is C9H10N. The van der Waals surface area contributed by atoms with Crippen molar-refractivity contribution < 1.29 is 0 Å². The van der Waals surface area contributed by atoms with Crippen LogP contribution in [-0.2, 0) is 0 Å². The van der Waals surface area contributed by atoms with Gasteiger partial charge in [-0.05, 0) is 19.4 Å². The Morgan fingerprint density at radius 2 is 1.70 bits per heavy atom. The van der Waals surface area contributed by atoms with E-state index in [1.165, 1.54) is 5.56 Å². The highest BCUT2D eigenvalue weighted by Gasteiger charge is 1.92. The Labute approximate surface area is 61.2 Å². The fourth-order valence-corrected chi connectivity index (χ4v) is 0.795. The van der Waals surface area contributed by atoms with Gasteiger partial charge >= 0.3 is 0 Å². The molecule has 1 radical (unpaired) electrons. The van der Waals surface area contributed by atoms with Gasteiger partial charge in [0.25, 0.3) is 0 Å². The highest BCUT2D eigenvalue weighted by molar-refractivity contribution is 5.96. The van der Waals surface area contributed by atoms with Crippen molar-refractivity contribution in [3.63, 3.8) is 0 Å². The maximum atomic E-state index is 9.03. The monoisotopic (exact) mass is 132 g/mol. The number of rotatable bonds is 1. The number of hydrogen-bond acceptors (Lipinski definition) is 0. The molecule has 51 valence electrons. The van der Waals surface area contributed by atoms with Gasteiger partial charge in [-0.15, -0.1) is 0 Å². The lowest BCUT2D eigenvalue weighted by molar-refractivity contribution is 1.45. The van der Waals surface area contributed by atoms with Gasteiger partial charge in [-0.2, -0.15) is 5.41 Å². The minimum absolute atomic E-state index is 0.375. The summed E-state index contributed by atoms with van der Waals surface area (Å²) in [5.41, 5.74) is 2.48. The zero-order valence-electron chi connectivity index (χ0n) is 6.26. The van der Waals surface area contributed by atoms with Gasteiger partial charge in [-0.3, -0.25) is 0 Å². The first-order valence-electron chi connectivity index (χ1n) is 3.29. The maximum absolute atomic E-state index is 9.03. The van der Waals surface area contributed by atoms with Crippen LogP contribution in [0.5, 0.6) is 0 Å². The van der Waals surface area contributed by atoms with Crippen molar-refractivity contribution in [3.8, 4) is 0 Å². The van der Waals surface area contributed by atoms with Crippen LogP contribution in [0.2, 0.25) is 0 Å². The van der Waals surface area contributed by atoms with Crippen LogP contribution in [-0.4, -0.2) is 5.71 Å². The van der Waals surface area contributed by atoms with Crippen molar-refractivity contribution in [2.75, 3.05) is 0 Å². The average Bonchev–Trinajstić information content (AvgIpc) is 1.88. The Bertz CT molecular complexity index is 233. The average molecular weight is 132 g/mol. The maximum Gasteiger partial charge on any atom is 0.0671 e. The van der Waals surface area contributed by atoms with E-state index in [1.807, 2.05) is 31.2 Å². The molecule has 0 N–H and O–H groups in total. The Morgan fingerprint density at radius 3 is 2.10 bits per heavy atom.